The SMILES string of the molecule is CCC(=O)CNC(=O)C(C)N. The molecule has 0 saturated heterocycles. The number of rotatable bonds is 4. The summed E-state index contributed by atoms with van der Waals surface area (Å²) in [5.74, 6) is -0.272. The van der Waals surface area contributed by atoms with E-state index in [1.807, 2.05) is 0 Å². The third-order valence-corrected chi connectivity index (χ3v) is 1.27. The second-order valence-corrected chi connectivity index (χ2v) is 2.40. The van der Waals surface area contributed by atoms with E-state index in [2.05, 4.69) is 5.32 Å². The van der Waals surface area contributed by atoms with Crippen molar-refractivity contribution in [3.05, 3.63) is 0 Å². The Hall–Kier alpha value is -0.900. The van der Waals surface area contributed by atoms with E-state index in [1.54, 1.807) is 13.8 Å². The summed E-state index contributed by atoms with van der Waals surface area (Å²) >= 11 is 0. The molecule has 0 heterocycles. The highest BCUT2D eigenvalue weighted by molar-refractivity contribution is 5.87. The summed E-state index contributed by atoms with van der Waals surface area (Å²) in [4.78, 5) is 21.5. The molecule has 4 nitrogen and oxygen atoms in total. The fourth-order valence-corrected chi connectivity index (χ4v) is 0.472. The molecule has 0 fully saturated rings. The van der Waals surface area contributed by atoms with E-state index in [9.17, 15) is 9.59 Å². The summed E-state index contributed by atoms with van der Waals surface area (Å²) in [5.41, 5.74) is 5.24. The van der Waals surface area contributed by atoms with Gasteiger partial charge in [0.25, 0.3) is 0 Å². The lowest BCUT2D eigenvalue weighted by atomic mass is 10.3. The van der Waals surface area contributed by atoms with Gasteiger partial charge in [0.15, 0.2) is 5.78 Å². The number of nitrogens with two attached hydrogens (primary N) is 1. The Balaban J connectivity index is 3.54. The molecule has 0 rings (SSSR count). The van der Waals surface area contributed by atoms with Gasteiger partial charge in [0, 0.05) is 6.42 Å². The van der Waals surface area contributed by atoms with Crippen molar-refractivity contribution in [3.63, 3.8) is 0 Å². The number of hydrogen-bond acceptors (Lipinski definition) is 3. The number of carbonyl (C=O) groups is 2. The summed E-state index contributed by atoms with van der Waals surface area (Å²) in [6.45, 7) is 3.42. The Morgan fingerprint density at radius 1 is 1.55 bits per heavy atom. The van der Waals surface area contributed by atoms with Crippen LogP contribution in [0.3, 0.4) is 0 Å². The lowest BCUT2D eigenvalue weighted by Crippen LogP contribution is -2.40. The normalized spacial score (nSPS) is 12.3. The highest BCUT2D eigenvalue weighted by Gasteiger charge is 2.07. The number of Topliss-reactive ketones (excluding diaryl/α,β-unsaturated/α-hetero) is 1. The lowest BCUT2D eigenvalue weighted by Gasteiger charge is -2.05. The van der Waals surface area contributed by atoms with Crippen LogP contribution in [0.1, 0.15) is 20.3 Å². The number of nitrogens with one attached hydrogen (secondary N) is 1. The molecule has 64 valence electrons. The zero-order valence-corrected chi connectivity index (χ0v) is 6.89. The maximum Gasteiger partial charge on any atom is 0.236 e. The minimum atomic E-state index is -0.542. The Morgan fingerprint density at radius 3 is 2.45 bits per heavy atom. The molecule has 0 spiro atoms. The van der Waals surface area contributed by atoms with Gasteiger partial charge in [-0.25, -0.2) is 0 Å². The van der Waals surface area contributed by atoms with Gasteiger partial charge in [0.05, 0.1) is 12.6 Å². The molecular weight excluding hydrogens is 144 g/mol. The molecular formula is C7H14N2O2. The molecule has 0 saturated carbocycles. The second kappa shape index (κ2) is 4.85. The number of ketones is 1. The van der Waals surface area contributed by atoms with Gasteiger partial charge >= 0.3 is 0 Å². The van der Waals surface area contributed by atoms with Gasteiger partial charge in [0.2, 0.25) is 5.91 Å². The van der Waals surface area contributed by atoms with Crippen molar-refractivity contribution in [2.24, 2.45) is 5.73 Å². The first kappa shape index (κ1) is 10.1. The van der Waals surface area contributed by atoms with E-state index in [0.29, 0.717) is 6.42 Å². The molecule has 0 aliphatic heterocycles. The maximum absolute atomic E-state index is 10.8. The van der Waals surface area contributed by atoms with Crippen molar-refractivity contribution >= 4 is 11.7 Å². The first-order valence-corrected chi connectivity index (χ1v) is 3.63. The monoisotopic (exact) mass is 158 g/mol. The van der Waals surface area contributed by atoms with Gasteiger partial charge < -0.3 is 11.1 Å². The third-order valence-electron chi connectivity index (χ3n) is 1.27. The molecule has 0 aliphatic carbocycles. The predicted molar refractivity (Wildman–Crippen MR) is 42.0 cm³/mol. The van der Waals surface area contributed by atoms with Crippen molar-refractivity contribution in [2.45, 2.75) is 26.3 Å². The first-order valence-electron chi connectivity index (χ1n) is 3.63. The van der Waals surface area contributed by atoms with Crippen LogP contribution in [0.4, 0.5) is 0 Å². The number of hydrogen-bond donors (Lipinski definition) is 2. The van der Waals surface area contributed by atoms with Crippen molar-refractivity contribution in [1.82, 2.24) is 5.32 Å². The fourth-order valence-electron chi connectivity index (χ4n) is 0.472. The van der Waals surface area contributed by atoms with Crippen LogP contribution in [-0.4, -0.2) is 24.3 Å². The van der Waals surface area contributed by atoms with Crippen LogP contribution in [0.5, 0.6) is 0 Å². The van der Waals surface area contributed by atoms with Gasteiger partial charge in [-0.05, 0) is 6.92 Å². The average Bonchev–Trinajstić information content (AvgIpc) is 1.99. The molecule has 0 aromatic rings. The van der Waals surface area contributed by atoms with E-state index in [1.165, 1.54) is 0 Å². The number of carbonyl (C=O) groups excluding carboxylic acids is 2. The second-order valence-electron chi connectivity index (χ2n) is 2.40. The van der Waals surface area contributed by atoms with Crippen LogP contribution in [0.15, 0.2) is 0 Å². The fraction of sp³-hybridized carbons (Fsp3) is 0.714. The molecule has 0 aromatic heterocycles. The minimum Gasteiger partial charge on any atom is -0.348 e. The summed E-state index contributed by atoms with van der Waals surface area (Å²) in [6.07, 6.45) is 0.444. The largest absolute Gasteiger partial charge is 0.348 e. The molecule has 0 radical (unpaired) electrons. The van der Waals surface area contributed by atoms with E-state index in [4.69, 9.17) is 5.73 Å². The Bertz CT molecular complexity index is 155. The van der Waals surface area contributed by atoms with Gasteiger partial charge in [-0.1, -0.05) is 6.92 Å². The summed E-state index contributed by atoms with van der Waals surface area (Å²) < 4.78 is 0. The molecule has 0 aliphatic rings. The first-order chi connectivity index (χ1) is 5.07. The van der Waals surface area contributed by atoms with Gasteiger partial charge in [-0.2, -0.15) is 0 Å². The van der Waals surface area contributed by atoms with Crippen LogP contribution in [-0.2, 0) is 9.59 Å². The van der Waals surface area contributed by atoms with Crippen molar-refractivity contribution in [3.8, 4) is 0 Å². The van der Waals surface area contributed by atoms with Crippen LogP contribution < -0.4 is 11.1 Å². The van der Waals surface area contributed by atoms with E-state index < -0.39 is 6.04 Å². The Labute approximate surface area is 66.1 Å². The zero-order chi connectivity index (χ0) is 8.85. The van der Waals surface area contributed by atoms with Crippen molar-refractivity contribution < 1.29 is 9.59 Å². The van der Waals surface area contributed by atoms with E-state index >= 15 is 0 Å². The van der Waals surface area contributed by atoms with Gasteiger partial charge in [-0.15, -0.1) is 0 Å². The predicted octanol–water partition coefficient (Wildman–Crippen LogP) is -0.571. The summed E-state index contributed by atoms with van der Waals surface area (Å²) in [6, 6.07) is -0.542. The van der Waals surface area contributed by atoms with Crippen LogP contribution in [0, 0.1) is 0 Å². The topological polar surface area (TPSA) is 72.2 Å². The van der Waals surface area contributed by atoms with Crippen LogP contribution in [0.2, 0.25) is 0 Å². The molecule has 0 aromatic carbocycles. The Kier molecular flexibility index (Phi) is 4.45. The molecule has 4 heteroatoms. The summed E-state index contributed by atoms with van der Waals surface area (Å²) in [7, 11) is 0. The highest BCUT2D eigenvalue weighted by atomic mass is 16.2. The molecule has 0 bridgehead atoms. The molecule has 1 atom stereocenters. The number of amides is 1. The maximum atomic E-state index is 10.8. The van der Waals surface area contributed by atoms with E-state index in [-0.39, 0.29) is 18.2 Å². The molecule has 1 unspecified atom stereocenters. The van der Waals surface area contributed by atoms with Gasteiger partial charge in [-0.3, -0.25) is 9.59 Å². The molecule has 3 N–H and O–H groups in total. The smallest absolute Gasteiger partial charge is 0.236 e. The van der Waals surface area contributed by atoms with Gasteiger partial charge in [0.1, 0.15) is 0 Å². The van der Waals surface area contributed by atoms with Crippen LogP contribution >= 0.6 is 0 Å². The average molecular weight is 158 g/mol. The molecule has 11 heavy (non-hydrogen) atoms. The van der Waals surface area contributed by atoms with Crippen LogP contribution in [0.25, 0.3) is 0 Å². The van der Waals surface area contributed by atoms with E-state index in [0.717, 1.165) is 0 Å². The minimum absolute atomic E-state index is 0.0130. The molecule has 1 amide bonds. The Morgan fingerprint density at radius 2 is 2.09 bits per heavy atom. The zero-order valence-electron chi connectivity index (χ0n) is 6.89. The quantitative estimate of drug-likeness (QED) is 0.575. The van der Waals surface area contributed by atoms with Crippen molar-refractivity contribution in [2.75, 3.05) is 6.54 Å². The highest BCUT2D eigenvalue weighted by Crippen LogP contribution is 1.79. The third kappa shape index (κ3) is 4.50. The summed E-state index contributed by atoms with van der Waals surface area (Å²) in [5, 5.41) is 2.42. The standard InChI is InChI=1S/C7H14N2O2/c1-3-6(10)4-9-7(11)5(2)8/h5H,3-4,8H2,1-2H3,(H,9,11). The lowest BCUT2D eigenvalue weighted by molar-refractivity contribution is -0.125. The van der Waals surface area contributed by atoms with Crippen molar-refractivity contribution in [1.29, 1.82) is 0 Å².